The first kappa shape index (κ1) is 23.6. The van der Waals surface area contributed by atoms with Gasteiger partial charge in [-0.15, -0.1) is 0 Å². The zero-order valence-electron chi connectivity index (χ0n) is 16.7. The van der Waals surface area contributed by atoms with Crippen LogP contribution in [0.5, 0.6) is 0 Å². The molecule has 1 saturated heterocycles. The Morgan fingerprint density at radius 2 is 1.75 bits per heavy atom. The molecular formula is C21H20F3N3O4S. The van der Waals surface area contributed by atoms with Crippen LogP contribution in [-0.2, 0) is 14.6 Å². The molecule has 1 fully saturated rings. The predicted molar refractivity (Wildman–Crippen MR) is 108 cm³/mol. The van der Waals surface area contributed by atoms with Crippen LogP contribution in [0.4, 0.5) is 18.0 Å². The summed E-state index contributed by atoms with van der Waals surface area (Å²) in [4.78, 5) is 12.8. The van der Waals surface area contributed by atoms with E-state index in [1.165, 1.54) is 48.5 Å². The number of ether oxygens (including phenoxy) is 1. The first-order valence-electron chi connectivity index (χ1n) is 9.62. The van der Waals surface area contributed by atoms with Crippen LogP contribution in [0.25, 0.3) is 0 Å². The molecule has 32 heavy (non-hydrogen) atoms. The van der Waals surface area contributed by atoms with Crippen molar-refractivity contribution >= 4 is 15.9 Å². The molecule has 0 aromatic heterocycles. The minimum Gasteiger partial charge on any atom is -0.430 e. The zero-order valence-corrected chi connectivity index (χ0v) is 17.5. The Labute approximate surface area is 183 Å². The van der Waals surface area contributed by atoms with E-state index in [-0.39, 0.29) is 16.9 Å². The molecule has 1 aliphatic heterocycles. The number of rotatable bonds is 6. The molecule has 3 atom stereocenters. The van der Waals surface area contributed by atoms with E-state index in [0.29, 0.717) is 0 Å². The Balaban J connectivity index is 1.98. The summed E-state index contributed by atoms with van der Waals surface area (Å²) in [7, 11) is -3.99. The van der Waals surface area contributed by atoms with Gasteiger partial charge < -0.3 is 10.1 Å². The van der Waals surface area contributed by atoms with Crippen molar-refractivity contribution in [2.75, 3.05) is 13.1 Å². The van der Waals surface area contributed by atoms with Crippen molar-refractivity contribution in [2.24, 2.45) is 0 Å². The minimum absolute atomic E-state index is 0.0252. The molecule has 1 aliphatic rings. The molecule has 1 N–H and O–H groups in total. The maximum Gasteiger partial charge on any atom is 0.409 e. The summed E-state index contributed by atoms with van der Waals surface area (Å²) in [5.74, 6) is 0. The lowest BCUT2D eigenvalue weighted by atomic mass is 10.1. The van der Waals surface area contributed by atoms with Crippen molar-refractivity contribution in [3.8, 4) is 6.07 Å². The van der Waals surface area contributed by atoms with Gasteiger partial charge in [0.1, 0.15) is 12.6 Å². The normalized spacial score (nSPS) is 20.3. The second kappa shape index (κ2) is 9.58. The number of carbonyl (C=O) groups excluding carboxylic acids is 1. The van der Waals surface area contributed by atoms with Gasteiger partial charge in [0.2, 0.25) is 0 Å². The Morgan fingerprint density at radius 1 is 1.16 bits per heavy atom. The Kier molecular flexibility index (Phi) is 7.06. The smallest absolute Gasteiger partial charge is 0.409 e. The second-order valence-corrected chi connectivity index (χ2v) is 9.37. The molecule has 1 heterocycles. The zero-order chi connectivity index (χ0) is 23.4. The highest BCUT2D eigenvalue weighted by atomic mass is 32.2. The van der Waals surface area contributed by atoms with Gasteiger partial charge in [0.15, 0.2) is 16.1 Å². The third-order valence-corrected chi connectivity index (χ3v) is 7.22. The molecule has 1 amide bonds. The van der Waals surface area contributed by atoms with Crippen LogP contribution in [-0.4, -0.2) is 50.2 Å². The second-order valence-electron chi connectivity index (χ2n) is 7.14. The van der Waals surface area contributed by atoms with Gasteiger partial charge in [-0.1, -0.05) is 48.5 Å². The van der Waals surface area contributed by atoms with Gasteiger partial charge in [-0.3, -0.25) is 4.90 Å². The van der Waals surface area contributed by atoms with E-state index in [0.717, 1.165) is 4.90 Å². The third-order valence-electron chi connectivity index (χ3n) is 5.07. The minimum atomic E-state index is -4.77. The molecule has 0 saturated carbocycles. The molecule has 3 rings (SSSR count). The summed E-state index contributed by atoms with van der Waals surface area (Å²) in [6.45, 7) is -0.898. The fourth-order valence-electron chi connectivity index (χ4n) is 3.68. The first-order valence-corrected chi connectivity index (χ1v) is 11.2. The van der Waals surface area contributed by atoms with Gasteiger partial charge in [0.05, 0.1) is 16.2 Å². The molecule has 11 heteroatoms. The van der Waals surface area contributed by atoms with Crippen LogP contribution >= 0.6 is 0 Å². The number of benzene rings is 2. The fraction of sp³-hybridized carbons (Fsp3) is 0.333. The highest BCUT2D eigenvalue weighted by Gasteiger charge is 2.53. The SMILES string of the molecule is N#CCNC(=O)O[C@H]1C[C@@H](S(=O)(=O)c2ccccc2)CN1C(c1ccccc1)C(F)(F)F. The molecule has 1 unspecified atom stereocenters. The van der Waals surface area contributed by atoms with Gasteiger partial charge in [-0.25, -0.2) is 13.2 Å². The molecule has 0 spiro atoms. The quantitative estimate of drug-likeness (QED) is 0.654. The summed E-state index contributed by atoms with van der Waals surface area (Å²) < 4.78 is 73.7. The Bertz CT molecular complexity index is 1070. The molecule has 7 nitrogen and oxygen atoms in total. The fourth-order valence-corrected chi connectivity index (χ4v) is 5.39. The van der Waals surface area contributed by atoms with Crippen LogP contribution in [0, 0.1) is 11.3 Å². The summed E-state index contributed by atoms with van der Waals surface area (Å²) in [5.41, 5.74) is -0.108. The predicted octanol–water partition coefficient (Wildman–Crippen LogP) is 3.41. The average molecular weight is 467 g/mol. The monoisotopic (exact) mass is 467 g/mol. The number of amides is 1. The first-order chi connectivity index (χ1) is 15.1. The van der Waals surface area contributed by atoms with Crippen molar-refractivity contribution in [1.29, 1.82) is 5.26 Å². The number of carbonyl (C=O) groups is 1. The van der Waals surface area contributed by atoms with E-state index in [9.17, 15) is 26.4 Å². The van der Waals surface area contributed by atoms with Crippen molar-refractivity contribution in [3.63, 3.8) is 0 Å². The van der Waals surface area contributed by atoms with E-state index >= 15 is 0 Å². The molecule has 0 bridgehead atoms. The summed E-state index contributed by atoms with van der Waals surface area (Å²) in [6, 6.07) is 13.9. The molecule has 2 aromatic rings. The number of nitriles is 1. The lowest BCUT2D eigenvalue weighted by molar-refractivity contribution is -0.202. The summed E-state index contributed by atoms with van der Waals surface area (Å²) in [5, 5.41) is 9.46. The number of nitrogens with zero attached hydrogens (tertiary/aromatic N) is 2. The van der Waals surface area contributed by atoms with Crippen LogP contribution in [0.2, 0.25) is 0 Å². The Morgan fingerprint density at radius 3 is 2.31 bits per heavy atom. The molecule has 2 aromatic carbocycles. The number of alkyl carbamates (subject to hydrolysis) is 1. The number of nitrogens with one attached hydrogen (secondary N) is 1. The number of hydrogen-bond donors (Lipinski definition) is 1. The Hall–Kier alpha value is -3.10. The van der Waals surface area contributed by atoms with E-state index in [2.05, 4.69) is 5.32 Å². The maximum atomic E-state index is 14.1. The number of halogens is 3. The van der Waals surface area contributed by atoms with Crippen LogP contribution < -0.4 is 5.32 Å². The van der Waals surface area contributed by atoms with Crippen molar-refractivity contribution in [1.82, 2.24) is 10.2 Å². The molecule has 170 valence electrons. The van der Waals surface area contributed by atoms with Crippen LogP contribution in [0.3, 0.4) is 0 Å². The van der Waals surface area contributed by atoms with Crippen molar-refractivity contribution < 1.29 is 31.1 Å². The maximum absolute atomic E-state index is 14.1. The van der Waals surface area contributed by atoms with Crippen molar-refractivity contribution in [2.45, 2.75) is 35.0 Å². The highest BCUT2D eigenvalue weighted by molar-refractivity contribution is 7.92. The molecule has 0 aliphatic carbocycles. The van der Waals surface area contributed by atoms with E-state index in [1.807, 2.05) is 0 Å². The number of sulfone groups is 1. The lowest BCUT2D eigenvalue weighted by Crippen LogP contribution is -2.44. The third kappa shape index (κ3) is 5.20. The summed E-state index contributed by atoms with van der Waals surface area (Å²) in [6.07, 6.45) is -7.69. The highest BCUT2D eigenvalue weighted by Crippen LogP contribution is 2.43. The van der Waals surface area contributed by atoms with Crippen LogP contribution in [0.15, 0.2) is 65.6 Å². The van der Waals surface area contributed by atoms with Gasteiger partial charge in [-0.2, -0.15) is 18.4 Å². The van der Waals surface area contributed by atoms with E-state index in [4.69, 9.17) is 10.00 Å². The van der Waals surface area contributed by atoms with Gasteiger partial charge >= 0.3 is 12.3 Å². The number of likely N-dealkylation sites (tertiary alicyclic amines) is 1. The standard InChI is InChI=1S/C21H20F3N3O4S/c22-21(23,24)19(15-7-3-1-4-8-15)27-14-17(13-18(27)31-20(28)26-12-11-25)32(29,30)16-9-5-2-6-10-16/h1-10,17-19H,12-14H2,(H,26,28)/t17-,18+,19?/m1/s1. The van der Waals surface area contributed by atoms with E-state index in [1.54, 1.807) is 18.2 Å². The van der Waals surface area contributed by atoms with Gasteiger partial charge in [-0.05, 0) is 17.7 Å². The lowest BCUT2D eigenvalue weighted by Gasteiger charge is -2.33. The van der Waals surface area contributed by atoms with Gasteiger partial charge in [0, 0.05) is 13.0 Å². The number of alkyl halides is 3. The average Bonchev–Trinajstić information content (AvgIpc) is 3.16. The van der Waals surface area contributed by atoms with Crippen molar-refractivity contribution in [3.05, 3.63) is 66.2 Å². The molecule has 0 radical (unpaired) electrons. The largest absolute Gasteiger partial charge is 0.430 e. The van der Waals surface area contributed by atoms with E-state index < -0.39 is 52.7 Å². The molecular weight excluding hydrogens is 447 g/mol. The number of hydrogen-bond acceptors (Lipinski definition) is 6. The summed E-state index contributed by atoms with van der Waals surface area (Å²) >= 11 is 0. The van der Waals surface area contributed by atoms with Crippen LogP contribution in [0.1, 0.15) is 18.0 Å². The van der Waals surface area contributed by atoms with Gasteiger partial charge in [0.25, 0.3) is 0 Å². The topological polar surface area (TPSA) is 99.5 Å².